The number of hydrogen-bond acceptors (Lipinski definition) is 4. The van der Waals surface area contributed by atoms with E-state index in [1.165, 1.54) is 11.3 Å². The van der Waals surface area contributed by atoms with Crippen LogP contribution in [0.5, 0.6) is 0 Å². The summed E-state index contributed by atoms with van der Waals surface area (Å²) in [4.78, 5) is 41.4. The average molecular weight is 336 g/mol. The Morgan fingerprint density at radius 2 is 1.83 bits per heavy atom. The molecule has 3 rings (SSSR count). The number of nitrogens with zero attached hydrogens (tertiary/aromatic N) is 3. The SMILES string of the molecule is O=C(C1CCCN(CCCN2C(=O)CNC2=O)C1)N1CCCCC1. The largest absolute Gasteiger partial charge is 0.342 e. The van der Waals surface area contributed by atoms with Crippen LogP contribution in [0.1, 0.15) is 38.5 Å². The number of carbonyl (C=O) groups is 3. The van der Waals surface area contributed by atoms with Crippen molar-refractivity contribution in [3.8, 4) is 0 Å². The molecule has 0 aliphatic carbocycles. The third kappa shape index (κ3) is 4.06. The predicted octanol–water partition coefficient (Wildman–Crippen LogP) is 0.653. The highest BCUT2D eigenvalue weighted by Crippen LogP contribution is 2.21. The Morgan fingerprint density at radius 3 is 2.54 bits per heavy atom. The highest BCUT2D eigenvalue weighted by atomic mass is 16.2. The third-order valence-electron chi connectivity index (χ3n) is 5.32. The number of hydrogen-bond donors (Lipinski definition) is 1. The lowest BCUT2D eigenvalue weighted by molar-refractivity contribution is -0.138. The standard InChI is InChI=1S/C17H28N4O3/c22-15-12-18-17(24)21(15)11-5-8-19-7-4-6-14(13-19)16(23)20-9-2-1-3-10-20/h14H,1-13H2,(H,18,24). The Kier molecular flexibility index (Phi) is 5.71. The van der Waals surface area contributed by atoms with Crippen LogP contribution in [0, 0.1) is 5.92 Å². The molecule has 3 saturated heterocycles. The van der Waals surface area contributed by atoms with Crippen molar-refractivity contribution in [1.82, 2.24) is 20.0 Å². The van der Waals surface area contributed by atoms with Gasteiger partial charge in [-0.2, -0.15) is 0 Å². The Balaban J connectivity index is 1.42. The molecule has 0 aromatic carbocycles. The monoisotopic (exact) mass is 336 g/mol. The van der Waals surface area contributed by atoms with Crippen molar-refractivity contribution in [1.29, 1.82) is 0 Å². The summed E-state index contributed by atoms with van der Waals surface area (Å²) in [6.07, 6.45) is 6.31. The van der Waals surface area contributed by atoms with Gasteiger partial charge in [0.25, 0.3) is 0 Å². The molecule has 134 valence electrons. The second-order valence-corrected chi connectivity index (χ2v) is 7.08. The van der Waals surface area contributed by atoms with Gasteiger partial charge in [0.15, 0.2) is 0 Å². The summed E-state index contributed by atoms with van der Waals surface area (Å²) in [5.74, 6) is 0.305. The summed E-state index contributed by atoms with van der Waals surface area (Å²) < 4.78 is 0. The molecular weight excluding hydrogens is 308 g/mol. The van der Waals surface area contributed by atoms with Crippen molar-refractivity contribution < 1.29 is 14.4 Å². The van der Waals surface area contributed by atoms with Gasteiger partial charge in [-0.25, -0.2) is 4.79 Å². The van der Waals surface area contributed by atoms with Crippen molar-refractivity contribution in [3.05, 3.63) is 0 Å². The minimum atomic E-state index is -0.281. The second-order valence-electron chi connectivity index (χ2n) is 7.08. The molecule has 3 fully saturated rings. The van der Waals surface area contributed by atoms with Crippen LogP contribution >= 0.6 is 0 Å². The molecule has 1 atom stereocenters. The van der Waals surface area contributed by atoms with E-state index in [1.807, 2.05) is 4.90 Å². The van der Waals surface area contributed by atoms with E-state index in [0.717, 1.165) is 64.8 Å². The number of piperidine rings is 2. The van der Waals surface area contributed by atoms with Crippen molar-refractivity contribution >= 4 is 17.8 Å². The Bertz CT molecular complexity index is 474. The van der Waals surface area contributed by atoms with Crippen LogP contribution in [0.15, 0.2) is 0 Å². The van der Waals surface area contributed by atoms with E-state index in [1.54, 1.807) is 0 Å². The van der Waals surface area contributed by atoms with Crippen molar-refractivity contribution in [2.75, 3.05) is 45.8 Å². The first-order chi connectivity index (χ1) is 11.6. The molecular formula is C17H28N4O3. The van der Waals surface area contributed by atoms with Crippen LogP contribution in [0.3, 0.4) is 0 Å². The summed E-state index contributed by atoms with van der Waals surface area (Å²) in [7, 11) is 0. The lowest BCUT2D eigenvalue weighted by Gasteiger charge is -2.36. The van der Waals surface area contributed by atoms with Crippen LogP contribution in [0.25, 0.3) is 0 Å². The zero-order chi connectivity index (χ0) is 16.9. The molecule has 3 aliphatic rings. The van der Waals surface area contributed by atoms with E-state index in [4.69, 9.17) is 0 Å². The van der Waals surface area contributed by atoms with Crippen LogP contribution in [-0.4, -0.2) is 78.4 Å². The van der Waals surface area contributed by atoms with Gasteiger partial charge in [0.05, 0.1) is 12.5 Å². The topological polar surface area (TPSA) is 73.0 Å². The molecule has 4 amide bonds. The molecule has 24 heavy (non-hydrogen) atoms. The van der Waals surface area contributed by atoms with Crippen molar-refractivity contribution in [2.24, 2.45) is 5.92 Å². The molecule has 3 heterocycles. The van der Waals surface area contributed by atoms with Crippen LogP contribution in [0.2, 0.25) is 0 Å². The highest BCUT2D eigenvalue weighted by molar-refractivity contribution is 6.01. The fourth-order valence-corrected chi connectivity index (χ4v) is 3.97. The van der Waals surface area contributed by atoms with Gasteiger partial charge >= 0.3 is 6.03 Å². The Labute approximate surface area is 143 Å². The van der Waals surface area contributed by atoms with Gasteiger partial charge in [0, 0.05) is 26.2 Å². The zero-order valence-electron chi connectivity index (χ0n) is 14.3. The van der Waals surface area contributed by atoms with Gasteiger partial charge in [0.1, 0.15) is 0 Å². The van der Waals surface area contributed by atoms with E-state index < -0.39 is 0 Å². The number of carbonyl (C=O) groups excluding carboxylic acids is 3. The van der Waals surface area contributed by atoms with Crippen LogP contribution in [-0.2, 0) is 9.59 Å². The summed E-state index contributed by atoms with van der Waals surface area (Å²) >= 11 is 0. The zero-order valence-corrected chi connectivity index (χ0v) is 14.3. The average Bonchev–Trinajstić information content (AvgIpc) is 2.94. The maximum Gasteiger partial charge on any atom is 0.324 e. The summed E-state index contributed by atoms with van der Waals surface area (Å²) in [6.45, 7) is 5.07. The fourth-order valence-electron chi connectivity index (χ4n) is 3.97. The Hall–Kier alpha value is -1.63. The molecule has 0 aromatic heterocycles. The first kappa shape index (κ1) is 17.2. The molecule has 0 aromatic rings. The fraction of sp³-hybridized carbons (Fsp3) is 0.824. The van der Waals surface area contributed by atoms with Gasteiger partial charge in [-0.3, -0.25) is 14.5 Å². The molecule has 3 aliphatic heterocycles. The molecule has 0 bridgehead atoms. The quantitative estimate of drug-likeness (QED) is 0.748. The molecule has 0 saturated carbocycles. The lowest BCUT2D eigenvalue weighted by Crippen LogP contribution is -2.46. The first-order valence-corrected chi connectivity index (χ1v) is 9.24. The third-order valence-corrected chi connectivity index (χ3v) is 5.32. The highest BCUT2D eigenvalue weighted by Gasteiger charge is 2.31. The summed E-state index contributed by atoms with van der Waals surface area (Å²) in [6, 6.07) is -0.281. The van der Waals surface area contributed by atoms with Crippen molar-refractivity contribution in [3.63, 3.8) is 0 Å². The van der Waals surface area contributed by atoms with Gasteiger partial charge < -0.3 is 15.1 Å². The second kappa shape index (κ2) is 7.96. The molecule has 7 heteroatoms. The Morgan fingerprint density at radius 1 is 1.04 bits per heavy atom. The minimum absolute atomic E-state index is 0.119. The number of urea groups is 1. The molecule has 7 nitrogen and oxygen atoms in total. The number of amides is 4. The summed E-state index contributed by atoms with van der Waals surface area (Å²) in [5, 5.41) is 2.54. The maximum absolute atomic E-state index is 12.7. The van der Waals surface area contributed by atoms with Gasteiger partial charge in [-0.05, 0) is 51.6 Å². The van der Waals surface area contributed by atoms with Crippen LogP contribution in [0.4, 0.5) is 4.79 Å². The number of likely N-dealkylation sites (tertiary alicyclic amines) is 2. The normalized spacial score (nSPS) is 25.9. The summed E-state index contributed by atoms with van der Waals surface area (Å²) in [5.41, 5.74) is 0. The van der Waals surface area contributed by atoms with Crippen molar-refractivity contribution in [2.45, 2.75) is 38.5 Å². The number of imide groups is 1. The van der Waals surface area contributed by atoms with Gasteiger partial charge in [0.2, 0.25) is 11.8 Å². The first-order valence-electron chi connectivity index (χ1n) is 9.24. The van der Waals surface area contributed by atoms with E-state index in [-0.39, 0.29) is 24.4 Å². The lowest BCUT2D eigenvalue weighted by atomic mass is 9.95. The predicted molar refractivity (Wildman–Crippen MR) is 89.3 cm³/mol. The molecule has 1 N–H and O–H groups in total. The van der Waals surface area contributed by atoms with Gasteiger partial charge in [-0.1, -0.05) is 0 Å². The van der Waals surface area contributed by atoms with Gasteiger partial charge in [-0.15, -0.1) is 0 Å². The van der Waals surface area contributed by atoms with E-state index >= 15 is 0 Å². The minimum Gasteiger partial charge on any atom is -0.342 e. The molecule has 1 unspecified atom stereocenters. The van der Waals surface area contributed by atoms with E-state index in [9.17, 15) is 14.4 Å². The number of nitrogens with one attached hydrogen (secondary N) is 1. The number of rotatable bonds is 5. The molecule has 0 spiro atoms. The van der Waals surface area contributed by atoms with E-state index in [0.29, 0.717) is 12.5 Å². The van der Waals surface area contributed by atoms with Crippen LogP contribution < -0.4 is 5.32 Å². The maximum atomic E-state index is 12.7. The molecule has 0 radical (unpaired) electrons. The smallest absolute Gasteiger partial charge is 0.324 e. The van der Waals surface area contributed by atoms with E-state index in [2.05, 4.69) is 10.2 Å².